The average Bonchev–Trinajstić information content (AvgIpc) is 3.49. The van der Waals surface area contributed by atoms with Gasteiger partial charge in [-0.2, -0.15) is 9.46 Å². The molecule has 1 aliphatic carbocycles. The van der Waals surface area contributed by atoms with Crippen LogP contribution in [0, 0.1) is 17.8 Å². The predicted molar refractivity (Wildman–Crippen MR) is 199 cm³/mol. The summed E-state index contributed by atoms with van der Waals surface area (Å²) < 4.78 is 32.4. The summed E-state index contributed by atoms with van der Waals surface area (Å²) in [6.45, 7) is 3.60. The van der Waals surface area contributed by atoms with E-state index < -0.39 is 33.9 Å². The summed E-state index contributed by atoms with van der Waals surface area (Å²) in [4.78, 5) is 24.8. The molecule has 3 aliphatic rings. The van der Waals surface area contributed by atoms with E-state index >= 15 is 0 Å². The van der Waals surface area contributed by atoms with Crippen LogP contribution in [0.15, 0.2) is 65.4 Å². The van der Waals surface area contributed by atoms with Crippen molar-refractivity contribution >= 4 is 50.6 Å². The smallest absolute Gasteiger partial charge is 0.285 e. The molecule has 270 valence electrons. The van der Waals surface area contributed by atoms with Crippen LogP contribution < -0.4 is 15.0 Å². The first-order valence-corrected chi connectivity index (χ1v) is 19.2. The summed E-state index contributed by atoms with van der Waals surface area (Å²) in [6, 6.07) is 11.4. The van der Waals surface area contributed by atoms with E-state index in [2.05, 4.69) is 41.8 Å². The number of aromatic nitrogens is 4. The highest BCUT2D eigenvalue weighted by Gasteiger charge is 2.38. The van der Waals surface area contributed by atoms with Crippen molar-refractivity contribution in [1.82, 2.24) is 19.7 Å². The number of benzene rings is 2. The molecular formula is C37H44ClN7O5S. The second-order valence-electron chi connectivity index (χ2n) is 13.8. The van der Waals surface area contributed by atoms with Gasteiger partial charge in [0, 0.05) is 49.9 Å². The maximum Gasteiger partial charge on any atom is 0.285 e. The highest BCUT2D eigenvalue weighted by molar-refractivity contribution is 7.76. The van der Waals surface area contributed by atoms with E-state index in [1.54, 1.807) is 44.1 Å². The Hall–Kier alpha value is -4.04. The zero-order valence-corrected chi connectivity index (χ0v) is 30.6. The number of carbonyl (C=O) groups is 1. The van der Waals surface area contributed by atoms with Gasteiger partial charge in [-0.1, -0.05) is 36.7 Å². The number of ether oxygens (including phenoxy) is 2. The minimum Gasteiger partial charge on any atom is -0.491 e. The van der Waals surface area contributed by atoms with Crippen molar-refractivity contribution in [3.63, 3.8) is 0 Å². The van der Waals surface area contributed by atoms with Crippen LogP contribution in [-0.2, 0) is 35.3 Å². The van der Waals surface area contributed by atoms with E-state index in [-0.39, 0.29) is 17.9 Å². The van der Waals surface area contributed by atoms with Gasteiger partial charge in [-0.15, -0.1) is 0 Å². The van der Waals surface area contributed by atoms with E-state index in [1.807, 2.05) is 24.3 Å². The van der Waals surface area contributed by atoms with Gasteiger partial charge in [-0.05, 0) is 85.4 Å². The van der Waals surface area contributed by atoms with Crippen molar-refractivity contribution in [2.24, 2.45) is 29.2 Å². The highest BCUT2D eigenvalue weighted by atomic mass is 35.5. The molecule has 1 saturated carbocycles. The lowest BCUT2D eigenvalue weighted by Crippen LogP contribution is -2.43. The van der Waals surface area contributed by atoms with E-state index in [9.17, 15) is 14.1 Å². The fourth-order valence-electron chi connectivity index (χ4n) is 7.38. The Kier molecular flexibility index (Phi) is 10.6. The van der Waals surface area contributed by atoms with Gasteiger partial charge in [-0.25, -0.2) is 9.97 Å². The Morgan fingerprint density at radius 3 is 2.76 bits per heavy atom. The third-order valence-corrected chi connectivity index (χ3v) is 12.2. The van der Waals surface area contributed by atoms with Crippen LogP contribution >= 0.6 is 11.6 Å². The van der Waals surface area contributed by atoms with Crippen LogP contribution in [0.2, 0.25) is 5.02 Å². The van der Waals surface area contributed by atoms with Crippen molar-refractivity contribution in [1.29, 1.82) is 0 Å². The molecule has 2 aliphatic heterocycles. The molecule has 51 heavy (non-hydrogen) atoms. The lowest BCUT2D eigenvalue weighted by atomic mass is 9.70. The first-order chi connectivity index (χ1) is 24.7. The summed E-state index contributed by atoms with van der Waals surface area (Å²) in [5, 5.41) is 19.4. The van der Waals surface area contributed by atoms with Gasteiger partial charge >= 0.3 is 0 Å². The lowest BCUT2D eigenvalue weighted by molar-refractivity contribution is 0.0126. The van der Waals surface area contributed by atoms with Crippen molar-refractivity contribution in [2.45, 2.75) is 63.2 Å². The minimum atomic E-state index is -2.61. The Bertz CT molecular complexity index is 2030. The van der Waals surface area contributed by atoms with Crippen molar-refractivity contribution in [3.05, 3.63) is 82.8 Å². The summed E-state index contributed by atoms with van der Waals surface area (Å²) in [5.41, 5.74) is 3.91. The number of fused-ring (bicyclic) bond motifs is 4. The average molecular weight is 734 g/mol. The van der Waals surface area contributed by atoms with Crippen molar-refractivity contribution in [3.8, 4) is 5.75 Å². The van der Waals surface area contributed by atoms with Crippen LogP contribution in [0.25, 0.3) is 11.0 Å². The Morgan fingerprint density at radius 1 is 1.10 bits per heavy atom. The molecule has 2 aromatic heterocycles. The monoisotopic (exact) mass is 733 g/mol. The third kappa shape index (κ3) is 7.62. The standard InChI is InChI=1S/C37H44ClN7O5S/c1-22-31(46)12-14-32(49-3)28-11-8-26(28)19-45-18-25-7-10-27(38)16-23(25)6-4-5-15-50-33-13-9-24(17-30(33)45)36(47)43-51(48)37(22)41-34-29-20-44(2)42-35(29)40-21-39-34/h7,9-10,12-14,16-17,20-22,26,28,31-32,37,46,51H,4-6,8,11,15,18-19H2,1-3H3,(H,39,40,41,42)/b14-12+/t22-,26-,28+,31-,32-,37?/m0/s1. The fraction of sp³-hybridized carbons (Fsp3) is 0.459. The molecule has 0 spiro atoms. The molecule has 0 saturated heterocycles. The lowest BCUT2D eigenvalue weighted by Gasteiger charge is -2.43. The molecule has 2 N–H and O–H groups in total. The van der Waals surface area contributed by atoms with Crippen LogP contribution in [0.5, 0.6) is 5.75 Å². The molecule has 1 fully saturated rings. The zero-order valence-electron chi connectivity index (χ0n) is 29.0. The second-order valence-corrected chi connectivity index (χ2v) is 15.6. The number of hydrogen-bond acceptors (Lipinski definition) is 10. The zero-order chi connectivity index (χ0) is 35.6. The molecule has 4 heterocycles. The predicted octanol–water partition coefficient (Wildman–Crippen LogP) is 5.59. The molecular weight excluding hydrogens is 690 g/mol. The largest absolute Gasteiger partial charge is 0.491 e. The van der Waals surface area contributed by atoms with Crippen molar-refractivity contribution < 1.29 is 23.6 Å². The van der Waals surface area contributed by atoms with Crippen LogP contribution in [-0.4, -0.2) is 72.8 Å². The van der Waals surface area contributed by atoms with Gasteiger partial charge in [0.05, 0.1) is 40.5 Å². The van der Waals surface area contributed by atoms with Crippen molar-refractivity contribution in [2.75, 3.05) is 30.5 Å². The maximum atomic E-state index is 14.2. The van der Waals surface area contributed by atoms with Crippen LogP contribution in [0.1, 0.15) is 54.1 Å². The number of aliphatic hydroxyl groups excluding tert-OH is 1. The number of anilines is 2. The number of amides is 1. The van der Waals surface area contributed by atoms with Crippen LogP contribution in [0.3, 0.4) is 0 Å². The first kappa shape index (κ1) is 35.4. The van der Waals surface area contributed by atoms with Gasteiger partial charge in [-0.3, -0.25) is 13.7 Å². The van der Waals surface area contributed by atoms with Gasteiger partial charge in [0.2, 0.25) is 0 Å². The van der Waals surface area contributed by atoms with Gasteiger partial charge < -0.3 is 24.8 Å². The highest BCUT2D eigenvalue weighted by Crippen LogP contribution is 2.42. The number of nitrogens with one attached hydrogen (secondary N) is 1. The number of hydrogen-bond donors (Lipinski definition) is 3. The Morgan fingerprint density at radius 2 is 1.96 bits per heavy atom. The summed E-state index contributed by atoms with van der Waals surface area (Å²) in [7, 11) is 0.857. The second kappa shape index (κ2) is 15.3. The van der Waals surface area contributed by atoms with E-state index in [0.29, 0.717) is 52.9 Å². The Balaban J connectivity index is 1.33. The molecule has 2 unspecified atom stereocenters. The van der Waals surface area contributed by atoms with E-state index in [4.69, 9.17) is 21.1 Å². The number of halogens is 1. The number of carbonyl (C=O) groups excluding carboxylic acids is 1. The molecule has 7 rings (SSSR count). The normalized spacial score (nSPS) is 28.2. The molecule has 14 heteroatoms. The Labute approximate surface area is 304 Å². The molecule has 2 aromatic carbocycles. The molecule has 12 nitrogen and oxygen atoms in total. The van der Waals surface area contributed by atoms with Gasteiger partial charge in [0.1, 0.15) is 23.3 Å². The SMILES string of the molecule is CO[C@H]1/C=C/[C@H](O)[C@H](C)C(Nc2ncnc3nn(C)cc23)/[SH](=O)=N\C(=O)c2ccc3c(c2)N(Cc2ccc(Cl)cc2CCCCO3)C[C@@H]2CC[C@H]21. The number of thiol groups is 1. The van der Waals surface area contributed by atoms with Gasteiger partial charge in [0.15, 0.2) is 5.65 Å². The molecule has 4 aromatic rings. The number of aliphatic hydroxyl groups is 1. The summed E-state index contributed by atoms with van der Waals surface area (Å²) in [6.07, 6.45) is 10.2. The number of rotatable bonds is 3. The minimum absolute atomic E-state index is 0.208. The first-order valence-electron chi connectivity index (χ1n) is 17.5. The fourth-order valence-corrected chi connectivity index (χ4v) is 8.80. The molecule has 2 bridgehead atoms. The maximum absolute atomic E-state index is 14.2. The quantitative estimate of drug-likeness (QED) is 0.180. The molecule has 7 atom stereocenters. The summed E-state index contributed by atoms with van der Waals surface area (Å²) in [5.74, 6) is 0.297. The molecule has 0 radical (unpaired) electrons. The summed E-state index contributed by atoms with van der Waals surface area (Å²) >= 11 is 6.46. The van der Waals surface area contributed by atoms with E-state index in [1.165, 1.54) is 17.5 Å². The number of nitrogens with zero attached hydrogens (tertiary/aromatic N) is 6. The van der Waals surface area contributed by atoms with E-state index in [0.717, 1.165) is 37.8 Å². The van der Waals surface area contributed by atoms with Crippen LogP contribution in [0.4, 0.5) is 11.5 Å². The number of aryl methyl sites for hydroxylation is 2. The molecule has 1 amide bonds. The number of methoxy groups -OCH3 is 1. The topological polar surface area (TPSA) is 144 Å². The third-order valence-electron chi connectivity index (χ3n) is 10.5. The van der Waals surface area contributed by atoms with Gasteiger partial charge in [0.25, 0.3) is 5.91 Å².